The van der Waals surface area contributed by atoms with Crippen molar-refractivity contribution in [3.05, 3.63) is 0 Å². The minimum atomic E-state index is -0.833. The molecule has 94 valence electrons. The molecular formula is C10H17IO5. The van der Waals surface area contributed by atoms with E-state index in [9.17, 15) is 9.59 Å². The molecule has 0 aromatic carbocycles. The highest BCUT2D eigenvalue weighted by Gasteiger charge is 2.03. The molecule has 16 heavy (non-hydrogen) atoms. The molecule has 0 bridgehead atoms. The molecule has 0 amide bonds. The van der Waals surface area contributed by atoms with Gasteiger partial charge >= 0.3 is 11.9 Å². The number of carboxylic acid groups (broad SMARTS) is 1. The Morgan fingerprint density at radius 2 is 1.75 bits per heavy atom. The number of carboxylic acids is 1. The quantitative estimate of drug-likeness (QED) is 0.282. The molecule has 1 N–H and O–H groups in total. The minimum absolute atomic E-state index is 0.103. The molecule has 0 aromatic rings. The predicted molar refractivity (Wildman–Crippen MR) is 66.8 cm³/mol. The van der Waals surface area contributed by atoms with Crippen molar-refractivity contribution >= 4 is 34.5 Å². The summed E-state index contributed by atoms with van der Waals surface area (Å²) in [5.74, 6) is -1.12. The molecule has 6 heteroatoms. The van der Waals surface area contributed by atoms with Gasteiger partial charge in [-0.25, -0.2) is 0 Å². The number of carbonyl (C=O) groups excluding carboxylic acids is 1. The Labute approximate surface area is 109 Å². The third kappa shape index (κ3) is 11.7. The van der Waals surface area contributed by atoms with E-state index in [0.29, 0.717) is 26.1 Å². The number of ether oxygens (including phenoxy) is 2. The van der Waals surface area contributed by atoms with Crippen molar-refractivity contribution in [1.82, 2.24) is 0 Å². The van der Waals surface area contributed by atoms with Crippen molar-refractivity contribution in [3.8, 4) is 0 Å². The number of halogens is 1. The maximum atomic E-state index is 11.1. The Kier molecular flexibility index (Phi) is 10.9. The van der Waals surface area contributed by atoms with Gasteiger partial charge in [-0.1, -0.05) is 22.6 Å². The molecule has 0 saturated heterocycles. The average molecular weight is 344 g/mol. The Hall–Kier alpha value is -0.370. The van der Waals surface area contributed by atoms with Gasteiger partial charge in [0.25, 0.3) is 0 Å². The standard InChI is InChI=1S/C10H17IO5/c11-5-6-15-7-8-16-10(14)4-2-1-3-9(12)13/h1-8H2,(H,12,13). The van der Waals surface area contributed by atoms with E-state index in [1.54, 1.807) is 0 Å². The van der Waals surface area contributed by atoms with Gasteiger partial charge in [-0.05, 0) is 12.8 Å². The molecule has 0 heterocycles. The number of hydrogen-bond donors (Lipinski definition) is 1. The van der Waals surface area contributed by atoms with Crippen molar-refractivity contribution in [2.45, 2.75) is 25.7 Å². The number of hydrogen-bond acceptors (Lipinski definition) is 4. The van der Waals surface area contributed by atoms with E-state index in [2.05, 4.69) is 22.6 Å². The number of aliphatic carboxylic acids is 1. The monoisotopic (exact) mass is 344 g/mol. The Bertz CT molecular complexity index is 207. The first kappa shape index (κ1) is 15.6. The van der Waals surface area contributed by atoms with E-state index in [0.717, 1.165) is 4.43 Å². The highest BCUT2D eigenvalue weighted by molar-refractivity contribution is 14.1. The molecule has 0 radical (unpaired) electrons. The van der Waals surface area contributed by atoms with E-state index in [-0.39, 0.29) is 25.4 Å². The molecule has 0 saturated carbocycles. The van der Waals surface area contributed by atoms with Gasteiger partial charge in [-0.15, -0.1) is 0 Å². The second-order valence-corrected chi connectivity index (χ2v) is 4.20. The SMILES string of the molecule is O=C(O)CCCCC(=O)OCCOCCI. The van der Waals surface area contributed by atoms with E-state index in [4.69, 9.17) is 14.6 Å². The van der Waals surface area contributed by atoms with E-state index in [1.165, 1.54) is 0 Å². The number of esters is 1. The Morgan fingerprint density at radius 1 is 1.06 bits per heavy atom. The molecule has 0 rings (SSSR count). The topological polar surface area (TPSA) is 72.8 Å². The van der Waals surface area contributed by atoms with Crippen molar-refractivity contribution in [1.29, 1.82) is 0 Å². The van der Waals surface area contributed by atoms with E-state index in [1.807, 2.05) is 0 Å². The summed E-state index contributed by atoms with van der Waals surface area (Å²) in [6.07, 6.45) is 1.45. The number of carbonyl (C=O) groups is 2. The summed E-state index contributed by atoms with van der Waals surface area (Å²) in [4.78, 5) is 21.3. The van der Waals surface area contributed by atoms with Gasteiger partial charge in [-0.3, -0.25) is 9.59 Å². The highest BCUT2D eigenvalue weighted by atomic mass is 127. The fourth-order valence-corrected chi connectivity index (χ4v) is 1.30. The van der Waals surface area contributed by atoms with Gasteiger partial charge < -0.3 is 14.6 Å². The summed E-state index contributed by atoms with van der Waals surface area (Å²) in [5.41, 5.74) is 0. The lowest BCUT2D eigenvalue weighted by Crippen LogP contribution is -2.11. The second-order valence-electron chi connectivity index (χ2n) is 3.12. The van der Waals surface area contributed by atoms with Gasteiger partial charge in [0.05, 0.1) is 13.2 Å². The molecular weight excluding hydrogens is 327 g/mol. The number of rotatable bonds is 10. The van der Waals surface area contributed by atoms with Gasteiger partial charge in [0, 0.05) is 17.3 Å². The second kappa shape index (κ2) is 11.1. The maximum absolute atomic E-state index is 11.1. The summed E-state index contributed by atoms with van der Waals surface area (Å²) in [6.45, 7) is 1.36. The summed E-state index contributed by atoms with van der Waals surface area (Å²) in [6, 6.07) is 0. The maximum Gasteiger partial charge on any atom is 0.305 e. The van der Waals surface area contributed by atoms with E-state index < -0.39 is 5.97 Å². The summed E-state index contributed by atoms with van der Waals surface area (Å²) >= 11 is 2.20. The lowest BCUT2D eigenvalue weighted by Gasteiger charge is -2.04. The van der Waals surface area contributed by atoms with Crippen LogP contribution < -0.4 is 0 Å². The zero-order valence-corrected chi connectivity index (χ0v) is 11.3. The van der Waals surface area contributed by atoms with Crippen LogP contribution in [0.25, 0.3) is 0 Å². The Morgan fingerprint density at radius 3 is 2.38 bits per heavy atom. The third-order valence-electron chi connectivity index (χ3n) is 1.73. The molecule has 0 aliphatic heterocycles. The van der Waals surface area contributed by atoms with Gasteiger partial charge in [0.2, 0.25) is 0 Å². The molecule has 5 nitrogen and oxygen atoms in total. The molecule has 0 aliphatic carbocycles. The van der Waals surface area contributed by atoms with Crippen LogP contribution in [-0.4, -0.2) is 41.3 Å². The van der Waals surface area contributed by atoms with Crippen LogP contribution in [0.2, 0.25) is 0 Å². The Balaban J connectivity index is 3.21. The van der Waals surface area contributed by atoms with Crippen LogP contribution in [0.1, 0.15) is 25.7 Å². The first-order valence-electron chi connectivity index (χ1n) is 5.18. The molecule has 0 spiro atoms. The van der Waals surface area contributed by atoms with Crippen molar-refractivity contribution in [2.75, 3.05) is 24.2 Å². The van der Waals surface area contributed by atoms with Gasteiger partial charge in [0.1, 0.15) is 6.61 Å². The van der Waals surface area contributed by atoms with Crippen LogP contribution >= 0.6 is 22.6 Å². The van der Waals surface area contributed by atoms with Gasteiger partial charge in [0.15, 0.2) is 0 Å². The molecule has 0 aromatic heterocycles. The smallest absolute Gasteiger partial charge is 0.305 e. The van der Waals surface area contributed by atoms with Gasteiger partial charge in [-0.2, -0.15) is 0 Å². The minimum Gasteiger partial charge on any atom is -0.481 e. The first-order chi connectivity index (χ1) is 7.66. The lowest BCUT2D eigenvalue weighted by molar-refractivity contribution is -0.145. The highest BCUT2D eigenvalue weighted by Crippen LogP contribution is 2.01. The summed E-state index contributed by atoms with van der Waals surface area (Å²) in [5, 5.41) is 8.37. The van der Waals surface area contributed by atoms with Crippen LogP contribution in [-0.2, 0) is 19.1 Å². The number of alkyl halides is 1. The third-order valence-corrected chi connectivity index (χ3v) is 2.17. The molecule has 0 aliphatic rings. The molecule has 0 atom stereocenters. The summed E-state index contributed by atoms with van der Waals surface area (Å²) in [7, 11) is 0. The first-order valence-corrected chi connectivity index (χ1v) is 6.70. The summed E-state index contributed by atoms with van der Waals surface area (Å²) < 4.78 is 10.9. The van der Waals surface area contributed by atoms with Crippen molar-refractivity contribution < 1.29 is 24.2 Å². The predicted octanol–water partition coefficient (Wildman–Crippen LogP) is 1.63. The van der Waals surface area contributed by atoms with Crippen LogP contribution in [0.5, 0.6) is 0 Å². The zero-order valence-electron chi connectivity index (χ0n) is 9.12. The molecule has 0 unspecified atom stereocenters. The van der Waals surface area contributed by atoms with Crippen molar-refractivity contribution in [3.63, 3.8) is 0 Å². The van der Waals surface area contributed by atoms with Crippen molar-refractivity contribution in [2.24, 2.45) is 0 Å². The van der Waals surface area contributed by atoms with Crippen LogP contribution in [0.15, 0.2) is 0 Å². The largest absolute Gasteiger partial charge is 0.481 e. The van der Waals surface area contributed by atoms with Crippen LogP contribution in [0.3, 0.4) is 0 Å². The van der Waals surface area contributed by atoms with E-state index >= 15 is 0 Å². The van der Waals surface area contributed by atoms with Crippen LogP contribution in [0.4, 0.5) is 0 Å². The molecule has 0 fully saturated rings. The normalized spacial score (nSPS) is 10.1. The fraction of sp³-hybridized carbons (Fsp3) is 0.800. The average Bonchev–Trinajstić information content (AvgIpc) is 2.24. The van der Waals surface area contributed by atoms with Crippen LogP contribution in [0, 0.1) is 0 Å². The zero-order chi connectivity index (χ0) is 12.2. The lowest BCUT2D eigenvalue weighted by atomic mass is 10.2. The fourth-order valence-electron chi connectivity index (χ4n) is 0.989. The number of unbranched alkanes of at least 4 members (excludes halogenated alkanes) is 1.